The summed E-state index contributed by atoms with van der Waals surface area (Å²) in [5.41, 5.74) is 5.60. The predicted octanol–water partition coefficient (Wildman–Crippen LogP) is 5.75. The normalized spacial score (nSPS) is 11.1. The molecule has 0 fully saturated rings. The van der Waals surface area contributed by atoms with Gasteiger partial charge in [-0.1, -0.05) is 41.4 Å². The van der Waals surface area contributed by atoms with E-state index in [-0.39, 0.29) is 0 Å². The van der Waals surface area contributed by atoms with Crippen molar-refractivity contribution in [2.75, 3.05) is 11.9 Å². The molecule has 2 N–H and O–H groups in total. The molecule has 1 heterocycles. The monoisotopic (exact) mass is 332 g/mol. The topological polar surface area (TPSA) is 27.8 Å². The number of para-hydroxylation sites is 1. The number of anilines is 1. The molecule has 3 rings (SSSR count). The Morgan fingerprint density at radius 3 is 2.45 bits per heavy atom. The van der Waals surface area contributed by atoms with E-state index in [2.05, 4.69) is 35.4 Å². The number of aryl methyl sites for hydroxylation is 2. The molecular formula is C18H18Cl2N2. The highest BCUT2D eigenvalue weighted by Gasteiger charge is 2.09. The van der Waals surface area contributed by atoms with E-state index >= 15 is 0 Å². The Balaban J connectivity index is 1.77. The maximum absolute atomic E-state index is 6.27. The number of hydrogen-bond acceptors (Lipinski definition) is 1. The van der Waals surface area contributed by atoms with Crippen LogP contribution >= 0.6 is 23.2 Å². The van der Waals surface area contributed by atoms with Crippen LogP contribution in [0.5, 0.6) is 0 Å². The second-order valence-electron chi connectivity index (χ2n) is 5.55. The highest BCUT2D eigenvalue weighted by molar-refractivity contribution is 6.39. The van der Waals surface area contributed by atoms with E-state index < -0.39 is 0 Å². The number of benzene rings is 2. The molecule has 2 aromatic carbocycles. The molecular weight excluding hydrogens is 315 g/mol. The number of nitrogens with one attached hydrogen (secondary N) is 2. The Kier molecular flexibility index (Phi) is 4.32. The van der Waals surface area contributed by atoms with E-state index in [0.29, 0.717) is 10.0 Å². The van der Waals surface area contributed by atoms with Crippen LogP contribution in [0.2, 0.25) is 10.0 Å². The van der Waals surface area contributed by atoms with Crippen molar-refractivity contribution in [2.45, 2.75) is 20.3 Å². The molecule has 0 spiro atoms. The smallest absolute Gasteiger partial charge is 0.0719 e. The van der Waals surface area contributed by atoms with Crippen LogP contribution in [0.3, 0.4) is 0 Å². The molecule has 0 aliphatic carbocycles. The summed E-state index contributed by atoms with van der Waals surface area (Å²) in [6.07, 6.45) is 0.913. The third kappa shape index (κ3) is 2.94. The molecule has 0 unspecified atom stereocenters. The zero-order valence-corrected chi connectivity index (χ0v) is 14.1. The third-order valence-electron chi connectivity index (χ3n) is 3.89. The number of fused-ring (bicyclic) bond motifs is 1. The highest BCUT2D eigenvalue weighted by atomic mass is 35.5. The number of halogens is 2. The van der Waals surface area contributed by atoms with Crippen LogP contribution in [-0.2, 0) is 6.42 Å². The van der Waals surface area contributed by atoms with Crippen molar-refractivity contribution in [2.24, 2.45) is 0 Å². The molecule has 0 amide bonds. The van der Waals surface area contributed by atoms with E-state index in [1.165, 1.54) is 22.2 Å². The summed E-state index contributed by atoms with van der Waals surface area (Å²) in [7, 11) is 0. The largest absolute Gasteiger partial charge is 0.382 e. The molecule has 0 aliphatic rings. The molecule has 0 aliphatic heterocycles. The Bertz CT molecular complexity index is 798. The second-order valence-corrected chi connectivity index (χ2v) is 6.37. The summed E-state index contributed by atoms with van der Waals surface area (Å²) < 4.78 is 0. The van der Waals surface area contributed by atoms with Crippen LogP contribution in [0, 0.1) is 13.8 Å². The van der Waals surface area contributed by atoms with Crippen molar-refractivity contribution in [3.8, 4) is 0 Å². The average molecular weight is 333 g/mol. The molecule has 1 aromatic heterocycles. The number of aromatic nitrogens is 1. The molecule has 0 saturated carbocycles. The van der Waals surface area contributed by atoms with Crippen LogP contribution < -0.4 is 5.32 Å². The number of H-pyrrole nitrogens is 1. The average Bonchev–Trinajstić information content (AvgIpc) is 2.77. The van der Waals surface area contributed by atoms with Crippen molar-refractivity contribution in [1.29, 1.82) is 0 Å². The summed E-state index contributed by atoms with van der Waals surface area (Å²) in [5, 5.41) is 5.98. The van der Waals surface area contributed by atoms with Crippen molar-refractivity contribution in [1.82, 2.24) is 4.98 Å². The second kappa shape index (κ2) is 6.23. The van der Waals surface area contributed by atoms with E-state index in [9.17, 15) is 0 Å². The molecule has 4 heteroatoms. The Hall–Kier alpha value is -1.64. The lowest BCUT2D eigenvalue weighted by Gasteiger charge is -2.11. The number of hydrogen-bond donors (Lipinski definition) is 2. The van der Waals surface area contributed by atoms with Gasteiger partial charge in [0.25, 0.3) is 0 Å². The zero-order chi connectivity index (χ0) is 15.7. The SMILES string of the molecule is Cc1cc(Cl)c(NCCc2c(C)[nH]c3ccccc23)c(Cl)c1. The van der Waals surface area contributed by atoms with E-state index in [0.717, 1.165) is 24.2 Å². The summed E-state index contributed by atoms with van der Waals surface area (Å²) in [6, 6.07) is 12.2. The van der Waals surface area contributed by atoms with Crippen LogP contribution in [0.25, 0.3) is 10.9 Å². The summed E-state index contributed by atoms with van der Waals surface area (Å²) in [5.74, 6) is 0. The maximum Gasteiger partial charge on any atom is 0.0719 e. The molecule has 3 aromatic rings. The van der Waals surface area contributed by atoms with Crippen molar-refractivity contribution < 1.29 is 0 Å². The zero-order valence-electron chi connectivity index (χ0n) is 12.6. The minimum absolute atomic E-state index is 0.667. The quantitative estimate of drug-likeness (QED) is 0.625. The van der Waals surface area contributed by atoms with Gasteiger partial charge in [-0.05, 0) is 49.6 Å². The molecule has 2 nitrogen and oxygen atoms in total. The van der Waals surface area contributed by atoms with Crippen molar-refractivity contribution >= 4 is 39.8 Å². The van der Waals surface area contributed by atoms with Gasteiger partial charge in [0.05, 0.1) is 15.7 Å². The maximum atomic E-state index is 6.27. The van der Waals surface area contributed by atoms with E-state index in [1.807, 2.05) is 25.1 Å². The van der Waals surface area contributed by atoms with Gasteiger partial charge in [0.1, 0.15) is 0 Å². The van der Waals surface area contributed by atoms with E-state index in [1.54, 1.807) is 0 Å². The van der Waals surface area contributed by atoms with Crippen LogP contribution in [0.4, 0.5) is 5.69 Å². The first-order valence-corrected chi connectivity index (χ1v) is 8.07. The number of aromatic amines is 1. The first-order chi connectivity index (χ1) is 10.6. The van der Waals surface area contributed by atoms with Gasteiger partial charge in [0, 0.05) is 23.1 Å². The minimum Gasteiger partial charge on any atom is -0.382 e. The first-order valence-electron chi connectivity index (χ1n) is 7.32. The molecule has 0 atom stereocenters. The lowest BCUT2D eigenvalue weighted by atomic mass is 10.1. The fourth-order valence-electron chi connectivity index (χ4n) is 2.84. The molecule has 0 bridgehead atoms. The van der Waals surface area contributed by atoms with E-state index in [4.69, 9.17) is 23.2 Å². The first kappa shape index (κ1) is 15.3. The van der Waals surface area contributed by atoms with Gasteiger partial charge in [0.2, 0.25) is 0 Å². The lowest BCUT2D eigenvalue weighted by Crippen LogP contribution is -2.06. The van der Waals surface area contributed by atoms with Crippen molar-refractivity contribution in [3.05, 3.63) is 63.3 Å². The summed E-state index contributed by atoms with van der Waals surface area (Å²) in [6.45, 7) is 4.88. The summed E-state index contributed by atoms with van der Waals surface area (Å²) in [4.78, 5) is 3.43. The minimum atomic E-state index is 0.667. The van der Waals surface area contributed by atoms with Gasteiger partial charge in [-0.15, -0.1) is 0 Å². The molecule has 0 saturated heterocycles. The summed E-state index contributed by atoms with van der Waals surface area (Å²) >= 11 is 12.5. The standard InChI is InChI=1S/C18H18Cl2N2/c1-11-9-15(19)18(16(20)10-11)21-8-7-13-12(2)22-17-6-4-3-5-14(13)17/h3-6,9-10,21-22H,7-8H2,1-2H3. The van der Waals surface area contributed by atoms with Gasteiger partial charge in [-0.3, -0.25) is 0 Å². The highest BCUT2D eigenvalue weighted by Crippen LogP contribution is 2.31. The van der Waals surface area contributed by atoms with Gasteiger partial charge < -0.3 is 10.3 Å². The van der Waals surface area contributed by atoms with Crippen LogP contribution in [0.1, 0.15) is 16.8 Å². The fraction of sp³-hybridized carbons (Fsp3) is 0.222. The fourth-order valence-corrected chi connectivity index (χ4v) is 3.57. The Morgan fingerprint density at radius 2 is 1.73 bits per heavy atom. The molecule has 0 radical (unpaired) electrons. The van der Waals surface area contributed by atoms with Gasteiger partial charge in [0.15, 0.2) is 0 Å². The molecule has 22 heavy (non-hydrogen) atoms. The third-order valence-corrected chi connectivity index (χ3v) is 4.49. The van der Waals surface area contributed by atoms with Crippen LogP contribution in [0.15, 0.2) is 36.4 Å². The van der Waals surface area contributed by atoms with Gasteiger partial charge in [-0.25, -0.2) is 0 Å². The Morgan fingerprint density at radius 1 is 1.05 bits per heavy atom. The van der Waals surface area contributed by atoms with Gasteiger partial charge >= 0.3 is 0 Å². The Labute approximate surface area is 140 Å². The molecule has 114 valence electrons. The van der Waals surface area contributed by atoms with Gasteiger partial charge in [-0.2, -0.15) is 0 Å². The van der Waals surface area contributed by atoms with Crippen LogP contribution in [-0.4, -0.2) is 11.5 Å². The predicted molar refractivity (Wildman–Crippen MR) is 96.4 cm³/mol. The van der Waals surface area contributed by atoms with Crippen molar-refractivity contribution in [3.63, 3.8) is 0 Å². The lowest BCUT2D eigenvalue weighted by molar-refractivity contribution is 1.01. The number of rotatable bonds is 4.